The van der Waals surface area contributed by atoms with Crippen LogP contribution in [0.15, 0.2) is 0 Å². The first-order chi connectivity index (χ1) is 5.96. The first-order valence-corrected chi connectivity index (χ1v) is 5.34. The molecule has 2 nitrogen and oxygen atoms in total. The van der Waals surface area contributed by atoms with E-state index in [1.54, 1.807) is 0 Å². The van der Waals surface area contributed by atoms with Crippen LogP contribution in [0.1, 0.15) is 39.5 Å². The first-order valence-electron chi connectivity index (χ1n) is 5.34. The van der Waals surface area contributed by atoms with Gasteiger partial charge in [0.15, 0.2) is 0 Å². The van der Waals surface area contributed by atoms with Gasteiger partial charge in [-0.25, -0.2) is 0 Å². The van der Waals surface area contributed by atoms with Gasteiger partial charge in [0.05, 0.1) is 5.60 Å². The molecule has 1 fully saturated rings. The number of rotatable bonds is 2. The Hall–Kier alpha value is -0.0800. The summed E-state index contributed by atoms with van der Waals surface area (Å²) in [5.41, 5.74) is -0.410. The predicted molar refractivity (Wildman–Crippen MR) is 55.7 cm³/mol. The number of aliphatic hydroxyl groups is 1. The van der Waals surface area contributed by atoms with Crippen LogP contribution in [-0.2, 0) is 0 Å². The van der Waals surface area contributed by atoms with E-state index in [4.69, 9.17) is 0 Å². The van der Waals surface area contributed by atoms with Crippen LogP contribution in [0, 0.1) is 5.92 Å². The number of nitrogens with zero attached hydrogens (tertiary/aromatic N) is 1. The summed E-state index contributed by atoms with van der Waals surface area (Å²) in [4.78, 5) is 2.24. The maximum Gasteiger partial charge on any atom is 0.0685 e. The topological polar surface area (TPSA) is 23.5 Å². The molecule has 2 heteroatoms. The molecule has 0 bridgehead atoms. The fourth-order valence-corrected chi connectivity index (χ4v) is 2.22. The van der Waals surface area contributed by atoms with Gasteiger partial charge in [0.25, 0.3) is 0 Å². The second-order valence-corrected chi connectivity index (χ2v) is 4.97. The molecule has 1 N–H and O–H groups in total. The zero-order valence-corrected chi connectivity index (χ0v) is 9.38. The second-order valence-electron chi connectivity index (χ2n) is 4.97. The molecule has 0 heterocycles. The zero-order chi connectivity index (χ0) is 10.1. The monoisotopic (exact) mass is 185 g/mol. The van der Waals surface area contributed by atoms with Gasteiger partial charge in [0.2, 0.25) is 0 Å². The highest BCUT2D eigenvalue weighted by Crippen LogP contribution is 2.35. The summed E-state index contributed by atoms with van der Waals surface area (Å²) in [7, 11) is 4.22. The third-order valence-corrected chi connectivity index (χ3v) is 3.54. The molecule has 1 rings (SSSR count). The molecule has 0 amide bonds. The van der Waals surface area contributed by atoms with Crippen molar-refractivity contribution in [1.82, 2.24) is 4.90 Å². The van der Waals surface area contributed by atoms with Gasteiger partial charge in [-0.15, -0.1) is 0 Å². The van der Waals surface area contributed by atoms with Crippen molar-refractivity contribution in [2.75, 3.05) is 14.1 Å². The molecule has 0 aliphatic heterocycles. The highest BCUT2D eigenvalue weighted by molar-refractivity contribution is 4.91. The van der Waals surface area contributed by atoms with E-state index in [1.807, 2.05) is 0 Å². The third kappa shape index (κ3) is 2.44. The van der Waals surface area contributed by atoms with Crippen LogP contribution in [0.4, 0.5) is 0 Å². The van der Waals surface area contributed by atoms with Gasteiger partial charge in [-0.2, -0.15) is 0 Å². The maximum atomic E-state index is 10.3. The Morgan fingerprint density at radius 3 is 2.46 bits per heavy atom. The molecule has 0 aromatic heterocycles. The van der Waals surface area contributed by atoms with Crippen molar-refractivity contribution in [3.05, 3.63) is 0 Å². The van der Waals surface area contributed by atoms with E-state index >= 15 is 0 Å². The van der Waals surface area contributed by atoms with Gasteiger partial charge < -0.3 is 10.0 Å². The van der Waals surface area contributed by atoms with Crippen LogP contribution >= 0.6 is 0 Å². The maximum absolute atomic E-state index is 10.3. The van der Waals surface area contributed by atoms with Crippen LogP contribution in [0.2, 0.25) is 0 Å². The molecule has 0 aromatic rings. The van der Waals surface area contributed by atoms with Crippen LogP contribution in [-0.4, -0.2) is 35.7 Å². The first kappa shape index (κ1) is 11.0. The van der Waals surface area contributed by atoms with E-state index in [1.165, 1.54) is 6.42 Å². The van der Waals surface area contributed by atoms with Crippen LogP contribution in [0.25, 0.3) is 0 Å². The third-order valence-electron chi connectivity index (χ3n) is 3.54. The Morgan fingerprint density at radius 2 is 2.00 bits per heavy atom. The van der Waals surface area contributed by atoms with Gasteiger partial charge in [-0.1, -0.05) is 13.8 Å². The Bertz CT molecular complexity index is 167. The summed E-state index contributed by atoms with van der Waals surface area (Å²) < 4.78 is 0. The smallest absolute Gasteiger partial charge is 0.0685 e. The summed E-state index contributed by atoms with van der Waals surface area (Å²) >= 11 is 0. The van der Waals surface area contributed by atoms with Gasteiger partial charge in [-0.3, -0.25) is 0 Å². The fraction of sp³-hybridized carbons (Fsp3) is 1.00. The standard InChI is InChI=1S/C11H23NO/c1-9(2)11(13)7-5-6-10(8-11)12(3)4/h9-10,13H,5-8H2,1-4H3. The normalized spacial score (nSPS) is 35.8. The largest absolute Gasteiger partial charge is 0.390 e. The average molecular weight is 185 g/mol. The molecule has 1 aliphatic carbocycles. The molecule has 0 spiro atoms. The van der Waals surface area contributed by atoms with E-state index in [0.717, 1.165) is 19.3 Å². The van der Waals surface area contributed by atoms with E-state index in [-0.39, 0.29) is 0 Å². The van der Waals surface area contributed by atoms with Crippen molar-refractivity contribution in [1.29, 1.82) is 0 Å². The molecule has 0 radical (unpaired) electrons. The van der Waals surface area contributed by atoms with Crippen molar-refractivity contribution in [2.24, 2.45) is 5.92 Å². The molecule has 0 aromatic carbocycles. The summed E-state index contributed by atoms with van der Waals surface area (Å²) in [5, 5.41) is 10.3. The van der Waals surface area contributed by atoms with Crippen molar-refractivity contribution in [3.63, 3.8) is 0 Å². The van der Waals surface area contributed by atoms with Crippen LogP contribution < -0.4 is 0 Å². The minimum atomic E-state index is -0.410. The molecule has 0 saturated heterocycles. The highest BCUT2D eigenvalue weighted by atomic mass is 16.3. The summed E-state index contributed by atoms with van der Waals surface area (Å²) in [6.07, 6.45) is 4.33. The summed E-state index contributed by atoms with van der Waals surface area (Å²) in [5.74, 6) is 0.384. The molecular formula is C11H23NO. The fourth-order valence-electron chi connectivity index (χ4n) is 2.22. The van der Waals surface area contributed by atoms with Crippen LogP contribution in [0.5, 0.6) is 0 Å². The van der Waals surface area contributed by atoms with Gasteiger partial charge in [0, 0.05) is 6.04 Å². The summed E-state index contributed by atoms with van der Waals surface area (Å²) in [6, 6.07) is 0.571. The second kappa shape index (κ2) is 3.97. The molecule has 1 saturated carbocycles. The molecule has 2 unspecified atom stereocenters. The van der Waals surface area contributed by atoms with Gasteiger partial charge in [0.1, 0.15) is 0 Å². The SMILES string of the molecule is CC(C)C1(O)CCCC(N(C)C)C1. The van der Waals surface area contributed by atoms with E-state index in [9.17, 15) is 5.11 Å². The number of hydrogen-bond acceptors (Lipinski definition) is 2. The Balaban J connectivity index is 2.60. The van der Waals surface area contributed by atoms with Crippen molar-refractivity contribution >= 4 is 0 Å². The molecule has 1 aliphatic rings. The quantitative estimate of drug-likeness (QED) is 0.710. The average Bonchev–Trinajstić information content (AvgIpc) is 2.04. The lowest BCUT2D eigenvalue weighted by atomic mass is 9.75. The van der Waals surface area contributed by atoms with Gasteiger partial charge in [-0.05, 0) is 45.7 Å². The van der Waals surface area contributed by atoms with Crippen molar-refractivity contribution < 1.29 is 5.11 Å². The van der Waals surface area contributed by atoms with Crippen molar-refractivity contribution in [3.8, 4) is 0 Å². The Labute approximate surface area is 81.9 Å². The van der Waals surface area contributed by atoms with Crippen LogP contribution in [0.3, 0.4) is 0 Å². The van der Waals surface area contributed by atoms with E-state index in [2.05, 4.69) is 32.8 Å². The van der Waals surface area contributed by atoms with Gasteiger partial charge >= 0.3 is 0 Å². The summed E-state index contributed by atoms with van der Waals surface area (Å²) in [6.45, 7) is 4.25. The minimum absolute atomic E-state index is 0.384. The lowest BCUT2D eigenvalue weighted by molar-refractivity contribution is -0.0584. The molecule has 13 heavy (non-hydrogen) atoms. The predicted octanol–water partition coefficient (Wildman–Crippen LogP) is 1.88. The highest BCUT2D eigenvalue weighted by Gasteiger charge is 2.37. The zero-order valence-electron chi connectivity index (χ0n) is 9.38. The van der Waals surface area contributed by atoms with Crippen molar-refractivity contribution in [2.45, 2.75) is 51.2 Å². The van der Waals surface area contributed by atoms with E-state index in [0.29, 0.717) is 12.0 Å². The lowest BCUT2D eigenvalue weighted by Gasteiger charge is -2.42. The minimum Gasteiger partial charge on any atom is -0.390 e. The number of hydrogen-bond donors (Lipinski definition) is 1. The Kier molecular flexibility index (Phi) is 3.36. The lowest BCUT2D eigenvalue weighted by Crippen LogP contribution is -2.46. The molecular weight excluding hydrogens is 162 g/mol. The Morgan fingerprint density at radius 1 is 1.38 bits per heavy atom. The van der Waals surface area contributed by atoms with E-state index < -0.39 is 5.60 Å². The molecule has 78 valence electrons. The molecule has 2 atom stereocenters.